The number of aryl methyl sites for hydroxylation is 1. The standard InChI is InChI=1S/C12H17N3O3/c1-7(2)15-11(16)4-9(12(15)17)13-6-10-14-5-8(3)18-10/h5,7,9,13H,4,6H2,1-3H3. The number of nitrogens with zero attached hydrogens (tertiary/aromatic N) is 2. The molecule has 1 aromatic heterocycles. The van der Waals surface area contributed by atoms with Gasteiger partial charge in [0.15, 0.2) is 0 Å². The van der Waals surface area contributed by atoms with Crippen molar-refractivity contribution >= 4 is 11.8 Å². The van der Waals surface area contributed by atoms with Crippen LogP contribution in [0, 0.1) is 6.92 Å². The predicted octanol–water partition coefficient (Wildman–Crippen LogP) is 0.609. The molecule has 18 heavy (non-hydrogen) atoms. The van der Waals surface area contributed by atoms with Gasteiger partial charge in [-0.15, -0.1) is 0 Å². The van der Waals surface area contributed by atoms with Crippen LogP contribution in [0.2, 0.25) is 0 Å². The van der Waals surface area contributed by atoms with E-state index in [0.717, 1.165) is 5.76 Å². The number of likely N-dealkylation sites (tertiary alicyclic amines) is 1. The topological polar surface area (TPSA) is 75.4 Å². The van der Waals surface area contributed by atoms with Crippen molar-refractivity contribution in [3.05, 3.63) is 17.8 Å². The fraction of sp³-hybridized carbons (Fsp3) is 0.583. The molecule has 1 N–H and O–H groups in total. The first-order valence-corrected chi connectivity index (χ1v) is 5.99. The molecule has 1 aliphatic rings. The lowest BCUT2D eigenvalue weighted by molar-refractivity contribution is -0.140. The highest BCUT2D eigenvalue weighted by molar-refractivity contribution is 6.05. The summed E-state index contributed by atoms with van der Waals surface area (Å²) >= 11 is 0. The summed E-state index contributed by atoms with van der Waals surface area (Å²) in [5, 5.41) is 3.01. The zero-order chi connectivity index (χ0) is 13.3. The van der Waals surface area contributed by atoms with Crippen molar-refractivity contribution in [3.8, 4) is 0 Å². The number of oxazole rings is 1. The van der Waals surface area contributed by atoms with E-state index in [1.807, 2.05) is 13.8 Å². The van der Waals surface area contributed by atoms with E-state index in [0.29, 0.717) is 12.4 Å². The Morgan fingerprint density at radius 1 is 1.56 bits per heavy atom. The molecule has 0 bridgehead atoms. The van der Waals surface area contributed by atoms with Crippen LogP contribution in [0.4, 0.5) is 0 Å². The number of imide groups is 1. The summed E-state index contributed by atoms with van der Waals surface area (Å²) in [5.41, 5.74) is 0. The molecule has 1 atom stereocenters. The highest BCUT2D eigenvalue weighted by Gasteiger charge is 2.39. The second kappa shape index (κ2) is 4.89. The number of hydrogen-bond donors (Lipinski definition) is 1. The van der Waals surface area contributed by atoms with Gasteiger partial charge in [-0.3, -0.25) is 19.8 Å². The number of nitrogens with one attached hydrogen (secondary N) is 1. The maximum Gasteiger partial charge on any atom is 0.247 e. The third-order valence-electron chi connectivity index (χ3n) is 2.87. The van der Waals surface area contributed by atoms with E-state index in [-0.39, 0.29) is 24.3 Å². The van der Waals surface area contributed by atoms with Gasteiger partial charge in [0.25, 0.3) is 0 Å². The van der Waals surface area contributed by atoms with Crippen LogP contribution in [0.1, 0.15) is 31.9 Å². The molecule has 2 amide bonds. The van der Waals surface area contributed by atoms with Crippen LogP contribution < -0.4 is 5.32 Å². The fourth-order valence-corrected chi connectivity index (χ4v) is 2.05. The first-order valence-electron chi connectivity index (χ1n) is 5.99. The number of hydrogen-bond acceptors (Lipinski definition) is 5. The minimum absolute atomic E-state index is 0.0965. The van der Waals surface area contributed by atoms with Crippen LogP contribution in [0.5, 0.6) is 0 Å². The molecule has 0 aromatic carbocycles. The number of amides is 2. The Hall–Kier alpha value is -1.69. The van der Waals surface area contributed by atoms with Gasteiger partial charge in [-0.25, -0.2) is 4.98 Å². The molecule has 0 radical (unpaired) electrons. The molecule has 6 heteroatoms. The van der Waals surface area contributed by atoms with Crippen molar-refractivity contribution < 1.29 is 14.0 Å². The van der Waals surface area contributed by atoms with E-state index in [1.54, 1.807) is 13.1 Å². The summed E-state index contributed by atoms with van der Waals surface area (Å²) in [7, 11) is 0. The van der Waals surface area contributed by atoms with Gasteiger partial charge < -0.3 is 4.42 Å². The molecule has 0 spiro atoms. The molecule has 2 heterocycles. The Kier molecular flexibility index (Phi) is 3.47. The summed E-state index contributed by atoms with van der Waals surface area (Å²) < 4.78 is 5.30. The average Bonchev–Trinajstić information content (AvgIpc) is 2.80. The first-order chi connectivity index (χ1) is 8.49. The van der Waals surface area contributed by atoms with Crippen molar-refractivity contribution in [3.63, 3.8) is 0 Å². The molecular weight excluding hydrogens is 234 g/mol. The fourth-order valence-electron chi connectivity index (χ4n) is 2.05. The Morgan fingerprint density at radius 3 is 2.78 bits per heavy atom. The van der Waals surface area contributed by atoms with Crippen LogP contribution in [0.25, 0.3) is 0 Å². The van der Waals surface area contributed by atoms with E-state index in [2.05, 4.69) is 10.3 Å². The van der Waals surface area contributed by atoms with Gasteiger partial charge in [0.05, 0.1) is 25.2 Å². The molecule has 2 rings (SSSR count). The van der Waals surface area contributed by atoms with E-state index in [4.69, 9.17) is 4.42 Å². The average molecular weight is 251 g/mol. The second-order valence-corrected chi connectivity index (χ2v) is 4.70. The lowest BCUT2D eigenvalue weighted by atomic mass is 10.2. The minimum atomic E-state index is -0.466. The summed E-state index contributed by atoms with van der Waals surface area (Å²) in [5.74, 6) is 0.953. The molecule has 1 aromatic rings. The van der Waals surface area contributed by atoms with Gasteiger partial charge in [-0.05, 0) is 20.8 Å². The highest BCUT2D eigenvalue weighted by Crippen LogP contribution is 2.16. The molecule has 0 saturated carbocycles. The van der Waals surface area contributed by atoms with Crippen molar-refractivity contribution in [1.29, 1.82) is 0 Å². The van der Waals surface area contributed by atoms with Gasteiger partial charge >= 0.3 is 0 Å². The molecule has 1 aliphatic heterocycles. The van der Waals surface area contributed by atoms with Crippen LogP contribution in [-0.2, 0) is 16.1 Å². The zero-order valence-corrected chi connectivity index (χ0v) is 10.8. The summed E-state index contributed by atoms with van der Waals surface area (Å²) in [4.78, 5) is 29.0. The smallest absolute Gasteiger partial charge is 0.247 e. The Morgan fingerprint density at radius 2 is 2.28 bits per heavy atom. The Labute approximate surface area is 105 Å². The lowest BCUT2D eigenvalue weighted by Gasteiger charge is -2.18. The molecular formula is C12H17N3O3. The maximum atomic E-state index is 12.0. The molecule has 98 valence electrons. The number of aromatic nitrogens is 1. The Bertz CT molecular complexity index is 467. The van der Waals surface area contributed by atoms with E-state index in [1.165, 1.54) is 4.90 Å². The molecule has 0 aliphatic carbocycles. The SMILES string of the molecule is Cc1cnc(CNC2CC(=O)N(C(C)C)C2=O)o1. The van der Waals surface area contributed by atoms with E-state index in [9.17, 15) is 9.59 Å². The van der Waals surface area contributed by atoms with Crippen LogP contribution in [0.15, 0.2) is 10.6 Å². The highest BCUT2D eigenvalue weighted by atomic mass is 16.4. The zero-order valence-electron chi connectivity index (χ0n) is 10.8. The third kappa shape index (κ3) is 2.43. The summed E-state index contributed by atoms with van der Waals surface area (Å²) in [6.07, 6.45) is 1.83. The van der Waals surface area contributed by atoms with Gasteiger partial charge in [-0.1, -0.05) is 0 Å². The van der Waals surface area contributed by atoms with E-state index < -0.39 is 6.04 Å². The Balaban J connectivity index is 1.95. The van der Waals surface area contributed by atoms with Crippen LogP contribution >= 0.6 is 0 Å². The van der Waals surface area contributed by atoms with Crippen molar-refractivity contribution in [1.82, 2.24) is 15.2 Å². The summed E-state index contributed by atoms with van der Waals surface area (Å²) in [6.45, 7) is 5.82. The maximum absolute atomic E-state index is 12.0. The van der Waals surface area contributed by atoms with Gasteiger partial charge in [-0.2, -0.15) is 0 Å². The third-order valence-corrected chi connectivity index (χ3v) is 2.87. The van der Waals surface area contributed by atoms with Crippen molar-refractivity contribution in [2.45, 2.75) is 45.8 Å². The van der Waals surface area contributed by atoms with Crippen molar-refractivity contribution in [2.75, 3.05) is 0 Å². The number of carbonyl (C=O) groups is 2. The van der Waals surface area contributed by atoms with E-state index >= 15 is 0 Å². The monoisotopic (exact) mass is 251 g/mol. The number of carbonyl (C=O) groups excluding carboxylic acids is 2. The summed E-state index contributed by atoms with van der Waals surface area (Å²) in [6, 6.07) is -0.562. The normalized spacial score (nSPS) is 20.2. The predicted molar refractivity (Wildman–Crippen MR) is 63.5 cm³/mol. The van der Waals surface area contributed by atoms with Crippen LogP contribution in [0.3, 0.4) is 0 Å². The second-order valence-electron chi connectivity index (χ2n) is 4.70. The van der Waals surface area contributed by atoms with Gasteiger partial charge in [0.1, 0.15) is 5.76 Å². The van der Waals surface area contributed by atoms with Gasteiger partial charge in [0, 0.05) is 6.04 Å². The lowest BCUT2D eigenvalue weighted by Crippen LogP contribution is -2.41. The van der Waals surface area contributed by atoms with Gasteiger partial charge in [0.2, 0.25) is 17.7 Å². The van der Waals surface area contributed by atoms with Crippen molar-refractivity contribution in [2.24, 2.45) is 0 Å². The molecule has 1 unspecified atom stereocenters. The molecule has 6 nitrogen and oxygen atoms in total. The molecule has 1 saturated heterocycles. The van der Waals surface area contributed by atoms with Crippen LogP contribution in [-0.4, -0.2) is 33.8 Å². The first kappa shape index (κ1) is 12.8. The number of rotatable bonds is 4. The molecule has 1 fully saturated rings. The minimum Gasteiger partial charge on any atom is -0.445 e. The quantitative estimate of drug-likeness (QED) is 0.793. The largest absolute Gasteiger partial charge is 0.445 e.